The van der Waals surface area contributed by atoms with Crippen molar-refractivity contribution in [2.45, 2.75) is 19.9 Å². The van der Waals surface area contributed by atoms with Crippen molar-refractivity contribution in [2.24, 2.45) is 12.8 Å². The molecule has 0 unspecified atom stereocenters. The van der Waals surface area contributed by atoms with Gasteiger partial charge < -0.3 is 15.2 Å². The summed E-state index contributed by atoms with van der Waals surface area (Å²) >= 11 is 0. The topological polar surface area (TPSA) is 51.3 Å². The van der Waals surface area contributed by atoms with Crippen LogP contribution >= 0.6 is 0 Å². The van der Waals surface area contributed by atoms with Gasteiger partial charge in [0.25, 0.3) is 5.56 Å². The van der Waals surface area contributed by atoms with Gasteiger partial charge in [-0.15, -0.1) is 0 Å². The molecule has 114 valence electrons. The quantitative estimate of drug-likeness (QED) is 0.946. The van der Waals surface area contributed by atoms with E-state index in [-0.39, 0.29) is 5.56 Å². The van der Waals surface area contributed by atoms with E-state index in [1.807, 2.05) is 31.4 Å². The van der Waals surface area contributed by atoms with Gasteiger partial charge >= 0.3 is 0 Å². The lowest BCUT2D eigenvalue weighted by molar-refractivity contribution is 0.365. The maximum absolute atomic E-state index is 11.9. The molecule has 2 aromatic rings. The molecule has 2 heterocycles. The Morgan fingerprint density at radius 3 is 2.64 bits per heavy atom. The highest BCUT2D eigenvalue weighted by Crippen LogP contribution is 2.32. The van der Waals surface area contributed by atoms with Gasteiger partial charge in [0, 0.05) is 43.5 Å². The summed E-state index contributed by atoms with van der Waals surface area (Å²) in [6.45, 7) is 3.96. The predicted octanol–water partition coefficient (Wildman–Crippen LogP) is 2.54. The minimum Gasteiger partial charge on any atom is -0.397 e. The fourth-order valence-electron chi connectivity index (χ4n) is 3.05. The van der Waals surface area contributed by atoms with Gasteiger partial charge in [0.05, 0.1) is 11.4 Å². The van der Waals surface area contributed by atoms with Crippen LogP contribution in [0.15, 0.2) is 47.4 Å². The van der Waals surface area contributed by atoms with Crippen LogP contribution in [0.2, 0.25) is 0 Å². The molecular formula is C18H21N3O. The Bertz CT molecular complexity index is 789. The average molecular weight is 295 g/mol. The van der Waals surface area contributed by atoms with Crippen LogP contribution in [0.4, 0.5) is 0 Å². The van der Waals surface area contributed by atoms with Gasteiger partial charge in [0.1, 0.15) is 0 Å². The fourth-order valence-corrected chi connectivity index (χ4v) is 3.05. The van der Waals surface area contributed by atoms with Crippen LogP contribution in [0.3, 0.4) is 0 Å². The highest BCUT2D eigenvalue weighted by atomic mass is 16.1. The van der Waals surface area contributed by atoms with Gasteiger partial charge in [-0.05, 0) is 18.1 Å². The van der Waals surface area contributed by atoms with Crippen molar-refractivity contribution in [3.8, 4) is 11.3 Å². The number of fused-ring (bicyclic) bond motifs is 1. The lowest BCUT2D eigenvalue weighted by Gasteiger charge is -2.29. The Morgan fingerprint density at radius 1 is 1.14 bits per heavy atom. The number of aromatic nitrogens is 1. The van der Waals surface area contributed by atoms with Crippen LogP contribution in [0.5, 0.6) is 0 Å². The van der Waals surface area contributed by atoms with E-state index in [0.717, 1.165) is 42.0 Å². The van der Waals surface area contributed by atoms with Crippen LogP contribution < -0.4 is 11.3 Å². The van der Waals surface area contributed by atoms with E-state index in [0.29, 0.717) is 0 Å². The van der Waals surface area contributed by atoms with E-state index in [9.17, 15) is 4.79 Å². The fraction of sp³-hybridized carbons (Fsp3) is 0.278. The summed E-state index contributed by atoms with van der Waals surface area (Å²) < 4.78 is 1.69. The van der Waals surface area contributed by atoms with Gasteiger partial charge in [-0.1, -0.05) is 31.2 Å². The summed E-state index contributed by atoms with van der Waals surface area (Å²) in [6.07, 6.45) is 3.10. The molecule has 0 amide bonds. The number of nitrogens with zero attached hydrogens (tertiary/aromatic N) is 2. The van der Waals surface area contributed by atoms with E-state index >= 15 is 0 Å². The molecule has 1 aliphatic heterocycles. The number of hydrogen-bond donors (Lipinski definition) is 1. The summed E-state index contributed by atoms with van der Waals surface area (Å²) in [7, 11) is 1.81. The van der Waals surface area contributed by atoms with Crippen molar-refractivity contribution >= 4 is 5.70 Å². The van der Waals surface area contributed by atoms with Crippen LogP contribution in [0.1, 0.15) is 24.5 Å². The molecule has 2 N–H and O–H groups in total. The minimum atomic E-state index is -0.000147. The van der Waals surface area contributed by atoms with Crippen molar-refractivity contribution in [2.75, 3.05) is 6.54 Å². The van der Waals surface area contributed by atoms with Crippen molar-refractivity contribution < 1.29 is 0 Å². The zero-order chi connectivity index (χ0) is 15.7. The molecule has 4 nitrogen and oxygen atoms in total. The Morgan fingerprint density at radius 2 is 1.86 bits per heavy atom. The highest BCUT2D eigenvalue weighted by Gasteiger charge is 2.19. The smallest absolute Gasteiger partial charge is 0.250 e. The molecule has 0 radical (unpaired) electrons. The van der Waals surface area contributed by atoms with Crippen molar-refractivity contribution in [1.82, 2.24) is 9.47 Å². The first kappa shape index (κ1) is 14.4. The second kappa shape index (κ2) is 5.72. The zero-order valence-electron chi connectivity index (χ0n) is 13.0. The Kier molecular flexibility index (Phi) is 3.75. The van der Waals surface area contributed by atoms with Gasteiger partial charge in [-0.3, -0.25) is 4.79 Å². The lowest BCUT2D eigenvalue weighted by Crippen LogP contribution is -2.25. The van der Waals surface area contributed by atoms with Gasteiger partial charge in [-0.2, -0.15) is 0 Å². The van der Waals surface area contributed by atoms with E-state index in [4.69, 9.17) is 5.73 Å². The predicted molar refractivity (Wildman–Crippen MR) is 90.0 cm³/mol. The first-order chi connectivity index (χ1) is 10.6. The molecule has 3 rings (SSSR count). The van der Waals surface area contributed by atoms with Crippen molar-refractivity contribution in [3.63, 3.8) is 0 Å². The zero-order valence-corrected chi connectivity index (χ0v) is 13.0. The maximum atomic E-state index is 11.9. The molecule has 0 spiro atoms. The molecule has 0 bridgehead atoms. The third-order valence-corrected chi connectivity index (χ3v) is 4.14. The van der Waals surface area contributed by atoms with Crippen molar-refractivity contribution in [1.29, 1.82) is 0 Å². The monoisotopic (exact) mass is 295 g/mol. The summed E-state index contributed by atoms with van der Waals surface area (Å²) in [5.41, 5.74) is 11.3. The van der Waals surface area contributed by atoms with E-state index in [1.165, 1.54) is 5.56 Å². The molecule has 1 aliphatic rings. The lowest BCUT2D eigenvalue weighted by atomic mass is 9.94. The summed E-state index contributed by atoms with van der Waals surface area (Å²) in [5.74, 6) is 0. The van der Waals surface area contributed by atoms with Crippen LogP contribution in [0, 0.1) is 0 Å². The normalized spacial score (nSPS) is 13.7. The van der Waals surface area contributed by atoms with E-state index in [1.54, 1.807) is 10.6 Å². The van der Waals surface area contributed by atoms with E-state index in [2.05, 4.69) is 24.0 Å². The Balaban J connectivity index is 2.17. The molecule has 22 heavy (non-hydrogen) atoms. The van der Waals surface area contributed by atoms with E-state index < -0.39 is 0 Å². The van der Waals surface area contributed by atoms with Crippen LogP contribution in [0.25, 0.3) is 17.0 Å². The standard InChI is InChI=1S/C18H21N3O/c1-3-10-21-11-15-13(16(19)12-21)6-4-7-14(15)17-8-5-9-18(22)20(17)2/h4-9,12H,3,10-11,19H2,1-2H3. The number of rotatable bonds is 3. The third kappa shape index (κ3) is 2.41. The van der Waals surface area contributed by atoms with Gasteiger partial charge in [0.2, 0.25) is 0 Å². The molecular weight excluding hydrogens is 274 g/mol. The molecule has 0 fully saturated rings. The van der Waals surface area contributed by atoms with Crippen LogP contribution in [-0.2, 0) is 13.6 Å². The maximum Gasteiger partial charge on any atom is 0.250 e. The molecule has 0 aliphatic carbocycles. The minimum absolute atomic E-state index is 0.000147. The summed E-state index contributed by atoms with van der Waals surface area (Å²) in [5, 5.41) is 0. The molecule has 4 heteroatoms. The second-order valence-corrected chi connectivity index (χ2v) is 5.69. The second-order valence-electron chi connectivity index (χ2n) is 5.69. The Hall–Kier alpha value is -2.49. The SMILES string of the molecule is CCCN1C=C(N)c2cccc(-c3cccc(=O)n3C)c2C1. The molecule has 0 saturated heterocycles. The number of pyridine rings is 1. The first-order valence-corrected chi connectivity index (χ1v) is 7.62. The summed E-state index contributed by atoms with van der Waals surface area (Å²) in [6, 6.07) is 11.5. The highest BCUT2D eigenvalue weighted by molar-refractivity contribution is 5.76. The summed E-state index contributed by atoms with van der Waals surface area (Å²) in [4.78, 5) is 14.2. The first-order valence-electron chi connectivity index (χ1n) is 7.62. The van der Waals surface area contributed by atoms with Gasteiger partial charge in [-0.25, -0.2) is 0 Å². The van der Waals surface area contributed by atoms with Crippen molar-refractivity contribution in [3.05, 3.63) is 64.1 Å². The molecule has 1 aromatic heterocycles. The number of nitrogens with two attached hydrogens (primary N) is 1. The molecule has 1 aromatic carbocycles. The van der Waals surface area contributed by atoms with Crippen LogP contribution in [-0.4, -0.2) is 16.0 Å². The Labute approximate surface area is 130 Å². The molecule has 0 saturated carbocycles. The average Bonchev–Trinajstić information content (AvgIpc) is 2.50. The third-order valence-electron chi connectivity index (χ3n) is 4.14. The van der Waals surface area contributed by atoms with Gasteiger partial charge in [0.15, 0.2) is 0 Å². The largest absolute Gasteiger partial charge is 0.397 e. The number of hydrogen-bond acceptors (Lipinski definition) is 3. The number of benzene rings is 1. The molecule has 0 atom stereocenters.